The molecule has 0 amide bonds. The summed E-state index contributed by atoms with van der Waals surface area (Å²) in [5.74, 6) is -0.312. The van der Waals surface area contributed by atoms with Crippen LogP contribution in [-0.4, -0.2) is 32.8 Å². The highest BCUT2D eigenvalue weighted by Gasteiger charge is 2.15. The highest BCUT2D eigenvalue weighted by Crippen LogP contribution is 2.29. The van der Waals surface area contributed by atoms with E-state index in [1.807, 2.05) is 24.3 Å². The summed E-state index contributed by atoms with van der Waals surface area (Å²) in [6.07, 6.45) is 1.35. The molecule has 6 nitrogen and oxygen atoms in total. The molecule has 0 radical (unpaired) electrons. The maximum atomic E-state index is 11.1. The molecule has 2 heterocycles. The van der Waals surface area contributed by atoms with Crippen molar-refractivity contribution in [3.63, 3.8) is 0 Å². The minimum absolute atomic E-state index is 0.136. The normalized spacial score (nSPS) is 10.8. The van der Waals surface area contributed by atoms with E-state index in [1.165, 1.54) is 10.7 Å². The second-order valence-electron chi connectivity index (χ2n) is 4.56. The van der Waals surface area contributed by atoms with Gasteiger partial charge in [0, 0.05) is 17.8 Å². The Kier molecular flexibility index (Phi) is 3.06. The van der Waals surface area contributed by atoms with Crippen LogP contribution in [0.15, 0.2) is 36.5 Å². The van der Waals surface area contributed by atoms with E-state index in [4.69, 9.17) is 9.84 Å². The molecule has 21 heavy (non-hydrogen) atoms. The van der Waals surface area contributed by atoms with Crippen LogP contribution in [-0.2, 0) is 0 Å². The van der Waals surface area contributed by atoms with Crippen LogP contribution in [0.2, 0.25) is 0 Å². The molecule has 106 valence electrons. The van der Waals surface area contributed by atoms with Crippen molar-refractivity contribution in [1.82, 2.24) is 14.6 Å². The molecule has 0 fully saturated rings. The lowest BCUT2D eigenvalue weighted by Gasteiger charge is -2.04. The number of aromatic nitrogens is 3. The topological polar surface area (TPSA) is 76.7 Å². The maximum Gasteiger partial charge on any atom is 0.339 e. The molecule has 0 saturated heterocycles. The van der Waals surface area contributed by atoms with Gasteiger partial charge in [-0.3, -0.25) is 0 Å². The molecule has 3 rings (SSSR count). The highest BCUT2D eigenvalue weighted by atomic mass is 16.5. The fraction of sp³-hybridized carbons (Fsp3) is 0.133. The van der Waals surface area contributed by atoms with E-state index in [0.29, 0.717) is 22.8 Å². The van der Waals surface area contributed by atoms with Crippen LogP contribution in [0.4, 0.5) is 0 Å². The van der Waals surface area contributed by atoms with Crippen molar-refractivity contribution >= 4 is 11.6 Å². The molecule has 0 aliphatic rings. The average molecular weight is 283 g/mol. The number of aromatic carboxylic acids is 1. The fourth-order valence-electron chi connectivity index (χ4n) is 2.25. The molecule has 0 aliphatic carbocycles. The molecule has 0 atom stereocenters. The van der Waals surface area contributed by atoms with Gasteiger partial charge >= 0.3 is 5.97 Å². The SMILES string of the molecule is COc1ccccc1-c1cc2ncc(C(=O)O)c(C)n2n1. The van der Waals surface area contributed by atoms with Gasteiger partial charge in [0.2, 0.25) is 0 Å². The van der Waals surface area contributed by atoms with Crippen molar-refractivity contribution in [1.29, 1.82) is 0 Å². The zero-order chi connectivity index (χ0) is 15.0. The zero-order valence-corrected chi connectivity index (χ0v) is 11.6. The third kappa shape index (κ3) is 2.10. The first-order valence-electron chi connectivity index (χ1n) is 6.34. The third-order valence-electron chi connectivity index (χ3n) is 3.34. The van der Waals surface area contributed by atoms with Crippen molar-refractivity contribution in [2.24, 2.45) is 0 Å². The van der Waals surface area contributed by atoms with Crippen molar-refractivity contribution in [3.05, 3.63) is 47.8 Å². The van der Waals surface area contributed by atoms with Crippen LogP contribution < -0.4 is 4.74 Å². The van der Waals surface area contributed by atoms with Crippen LogP contribution in [0.5, 0.6) is 5.75 Å². The summed E-state index contributed by atoms with van der Waals surface area (Å²) in [5, 5.41) is 13.6. The first-order chi connectivity index (χ1) is 10.1. The predicted octanol–water partition coefficient (Wildman–Crippen LogP) is 2.41. The third-order valence-corrected chi connectivity index (χ3v) is 3.34. The number of carbonyl (C=O) groups is 1. The Morgan fingerprint density at radius 3 is 2.81 bits per heavy atom. The second-order valence-corrected chi connectivity index (χ2v) is 4.56. The molecule has 2 aromatic heterocycles. The Labute approximate surface area is 120 Å². The van der Waals surface area contributed by atoms with E-state index in [-0.39, 0.29) is 5.56 Å². The molecule has 3 aromatic rings. The van der Waals surface area contributed by atoms with Gasteiger partial charge in [-0.1, -0.05) is 12.1 Å². The lowest BCUT2D eigenvalue weighted by molar-refractivity contribution is 0.0695. The molecular weight excluding hydrogens is 270 g/mol. The molecule has 0 saturated carbocycles. The van der Waals surface area contributed by atoms with Gasteiger partial charge in [0.25, 0.3) is 0 Å². The molecular formula is C15H13N3O3. The summed E-state index contributed by atoms with van der Waals surface area (Å²) in [6, 6.07) is 9.32. The minimum atomic E-state index is -1.02. The van der Waals surface area contributed by atoms with E-state index in [1.54, 1.807) is 20.1 Å². The van der Waals surface area contributed by atoms with Crippen molar-refractivity contribution in [3.8, 4) is 17.0 Å². The second kappa shape index (κ2) is 4.90. The first kappa shape index (κ1) is 13.1. The van der Waals surface area contributed by atoms with E-state index >= 15 is 0 Å². The number of carboxylic acid groups (broad SMARTS) is 1. The Morgan fingerprint density at radius 1 is 1.33 bits per heavy atom. The minimum Gasteiger partial charge on any atom is -0.496 e. The van der Waals surface area contributed by atoms with E-state index in [0.717, 1.165) is 5.56 Å². The molecule has 1 aromatic carbocycles. The number of carboxylic acids is 1. The zero-order valence-electron chi connectivity index (χ0n) is 11.6. The number of methoxy groups -OCH3 is 1. The number of ether oxygens (including phenoxy) is 1. The molecule has 0 spiro atoms. The van der Waals surface area contributed by atoms with Crippen molar-refractivity contribution in [2.45, 2.75) is 6.92 Å². The standard InChI is InChI=1S/C15H13N3O3/c1-9-11(15(19)20)8-16-14-7-12(17-18(9)14)10-5-3-4-6-13(10)21-2/h3-8H,1-2H3,(H,19,20). The molecule has 0 unspecified atom stereocenters. The molecule has 1 N–H and O–H groups in total. The number of hydrogen-bond donors (Lipinski definition) is 1. The summed E-state index contributed by atoms with van der Waals surface area (Å²) < 4.78 is 6.86. The van der Waals surface area contributed by atoms with E-state index in [2.05, 4.69) is 10.1 Å². The van der Waals surface area contributed by atoms with Crippen LogP contribution in [0.1, 0.15) is 16.1 Å². The number of hydrogen-bond acceptors (Lipinski definition) is 4. The van der Waals surface area contributed by atoms with Crippen molar-refractivity contribution < 1.29 is 14.6 Å². The molecule has 0 bridgehead atoms. The summed E-state index contributed by atoms with van der Waals surface area (Å²) >= 11 is 0. The Bertz CT molecular complexity index is 839. The van der Waals surface area contributed by atoms with Gasteiger partial charge in [-0.15, -0.1) is 0 Å². The largest absolute Gasteiger partial charge is 0.496 e. The summed E-state index contributed by atoms with van der Waals surface area (Å²) in [7, 11) is 1.60. The van der Waals surface area contributed by atoms with Crippen LogP contribution in [0.3, 0.4) is 0 Å². The number of fused-ring (bicyclic) bond motifs is 1. The van der Waals surface area contributed by atoms with Gasteiger partial charge in [0.1, 0.15) is 5.75 Å². The Balaban J connectivity index is 2.22. The van der Waals surface area contributed by atoms with E-state index in [9.17, 15) is 4.79 Å². The molecule has 0 aliphatic heterocycles. The van der Waals surface area contributed by atoms with Gasteiger partial charge < -0.3 is 9.84 Å². The average Bonchev–Trinajstić information content (AvgIpc) is 2.92. The van der Waals surface area contributed by atoms with Gasteiger partial charge in [0.15, 0.2) is 5.65 Å². The smallest absolute Gasteiger partial charge is 0.339 e. The number of rotatable bonds is 3. The van der Waals surface area contributed by atoms with Gasteiger partial charge in [-0.25, -0.2) is 14.3 Å². The fourth-order valence-corrected chi connectivity index (χ4v) is 2.25. The van der Waals surface area contributed by atoms with E-state index < -0.39 is 5.97 Å². The van der Waals surface area contributed by atoms with Gasteiger partial charge in [0.05, 0.1) is 24.1 Å². The molecule has 6 heteroatoms. The monoisotopic (exact) mass is 283 g/mol. The van der Waals surface area contributed by atoms with Crippen LogP contribution in [0, 0.1) is 6.92 Å². The van der Waals surface area contributed by atoms with Crippen molar-refractivity contribution in [2.75, 3.05) is 7.11 Å². The van der Waals surface area contributed by atoms with Crippen LogP contribution >= 0.6 is 0 Å². The number of benzene rings is 1. The van der Waals surface area contributed by atoms with Crippen LogP contribution in [0.25, 0.3) is 16.9 Å². The van der Waals surface area contributed by atoms with Gasteiger partial charge in [-0.2, -0.15) is 5.10 Å². The summed E-state index contributed by atoms with van der Waals surface area (Å²) in [4.78, 5) is 15.3. The maximum absolute atomic E-state index is 11.1. The highest BCUT2D eigenvalue weighted by molar-refractivity contribution is 5.88. The van der Waals surface area contributed by atoms with Gasteiger partial charge in [-0.05, 0) is 19.1 Å². The predicted molar refractivity (Wildman–Crippen MR) is 76.7 cm³/mol. The summed E-state index contributed by atoms with van der Waals surface area (Å²) in [5.41, 5.74) is 2.79. The Morgan fingerprint density at radius 2 is 2.10 bits per heavy atom. The Hall–Kier alpha value is -2.89. The lowest BCUT2D eigenvalue weighted by Crippen LogP contribution is -2.06. The lowest BCUT2D eigenvalue weighted by atomic mass is 10.1. The number of para-hydroxylation sites is 1. The first-order valence-corrected chi connectivity index (χ1v) is 6.34. The summed E-state index contributed by atoms with van der Waals surface area (Å²) in [6.45, 7) is 1.71. The number of aryl methyl sites for hydroxylation is 1. The number of nitrogens with zero attached hydrogens (tertiary/aromatic N) is 3. The quantitative estimate of drug-likeness (QED) is 0.798.